The Hall–Kier alpha value is -3.73. The van der Waals surface area contributed by atoms with Crippen molar-refractivity contribution in [2.24, 2.45) is 7.05 Å². The Balaban J connectivity index is 1.62. The fourth-order valence-electron chi connectivity index (χ4n) is 3.34. The van der Waals surface area contributed by atoms with E-state index in [1.807, 2.05) is 72.3 Å². The van der Waals surface area contributed by atoms with Crippen LogP contribution in [0.3, 0.4) is 0 Å². The lowest BCUT2D eigenvalue weighted by Gasteiger charge is -2.13. The van der Waals surface area contributed by atoms with Crippen LogP contribution in [0.2, 0.25) is 0 Å². The van der Waals surface area contributed by atoms with Gasteiger partial charge in [0.1, 0.15) is 12.4 Å². The molecule has 0 aliphatic heterocycles. The zero-order valence-corrected chi connectivity index (χ0v) is 16.0. The third kappa shape index (κ3) is 3.94. The van der Waals surface area contributed by atoms with Crippen LogP contribution in [0.5, 0.6) is 0 Å². The first-order valence-corrected chi connectivity index (χ1v) is 9.37. The van der Waals surface area contributed by atoms with Crippen molar-refractivity contribution in [1.82, 2.24) is 9.55 Å². The highest BCUT2D eigenvalue weighted by atomic mass is 16.5. The average molecular weight is 384 g/mol. The first-order chi connectivity index (χ1) is 14.1. The van der Waals surface area contributed by atoms with Crippen LogP contribution >= 0.6 is 0 Å². The van der Waals surface area contributed by atoms with E-state index in [1.165, 1.54) is 0 Å². The Bertz CT molecular complexity index is 1230. The van der Waals surface area contributed by atoms with E-state index >= 15 is 0 Å². The van der Waals surface area contributed by atoms with Gasteiger partial charge in [-0.1, -0.05) is 60.7 Å². The minimum absolute atomic E-state index is 0.209. The molecule has 0 N–H and O–H groups in total. The van der Waals surface area contributed by atoms with Crippen LogP contribution < -0.4 is 5.56 Å². The Morgan fingerprint density at radius 2 is 1.62 bits per heavy atom. The van der Waals surface area contributed by atoms with E-state index in [0.29, 0.717) is 23.2 Å². The zero-order chi connectivity index (χ0) is 20.2. The molecule has 5 heteroatoms. The second-order valence-electron chi connectivity index (χ2n) is 6.81. The smallest absolute Gasteiger partial charge is 0.338 e. The van der Waals surface area contributed by atoms with Gasteiger partial charge in [-0.2, -0.15) is 4.98 Å². The molecule has 0 spiro atoms. The third-order valence-electron chi connectivity index (χ3n) is 4.91. The van der Waals surface area contributed by atoms with Gasteiger partial charge in [0.05, 0.1) is 16.5 Å². The lowest BCUT2D eigenvalue weighted by molar-refractivity contribution is 0.0471. The van der Waals surface area contributed by atoms with Crippen LogP contribution in [0, 0.1) is 0 Å². The molecule has 0 saturated heterocycles. The van der Waals surface area contributed by atoms with Crippen LogP contribution in [-0.4, -0.2) is 15.5 Å². The predicted octanol–water partition coefficient (Wildman–Crippen LogP) is 3.88. The number of esters is 1. The van der Waals surface area contributed by atoms with E-state index < -0.39 is 5.97 Å². The second-order valence-corrected chi connectivity index (χ2v) is 6.81. The lowest BCUT2D eigenvalue weighted by atomic mass is 10.0. The van der Waals surface area contributed by atoms with Crippen molar-refractivity contribution in [3.63, 3.8) is 0 Å². The number of hydrogen-bond acceptors (Lipinski definition) is 4. The summed E-state index contributed by atoms with van der Waals surface area (Å²) in [7, 11) is 1.88. The molecule has 4 aromatic rings. The number of benzene rings is 3. The minimum Gasteiger partial charge on any atom is -0.457 e. The van der Waals surface area contributed by atoms with Crippen molar-refractivity contribution < 1.29 is 9.53 Å². The highest BCUT2D eigenvalue weighted by Crippen LogP contribution is 2.17. The van der Waals surface area contributed by atoms with Crippen molar-refractivity contribution in [3.8, 4) is 0 Å². The average Bonchev–Trinajstić information content (AvgIpc) is 2.77. The maximum atomic E-state index is 12.7. The summed E-state index contributed by atoms with van der Waals surface area (Å²) in [6.45, 7) is 0.209. The topological polar surface area (TPSA) is 61.2 Å². The number of hydrogen-bond donors (Lipinski definition) is 0. The summed E-state index contributed by atoms with van der Waals surface area (Å²) in [5.41, 5.74) is 2.72. The molecular weight excluding hydrogens is 364 g/mol. The molecular formula is C24H20N2O3. The van der Waals surface area contributed by atoms with Gasteiger partial charge in [-0.3, -0.25) is 4.79 Å². The molecule has 1 aromatic heterocycles. The Morgan fingerprint density at radius 1 is 0.931 bits per heavy atom. The van der Waals surface area contributed by atoms with Crippen LogP contribution in [0.25, 0.3) is 10.9 Å². The molecule has 0 amide bonds. The largest absolute Gasteiger partial charge is 0.457 e. The Morgan fingerprint density at radius 3 is 2.45 bits per heavy atom. The van der Waals surface area contributed by atoms with E-state index in [9.17, 15) is 9.59 Å². The molecule has 0 fully saturated rings. The monoisotopic (exact) mass is 384 g/mol. The SMILES string of the molecule is Cn1c(Cc2ccccc2C(=O)OCc2ccccc2)nc(=O)c2ccccc21. The number of carbonyl (C=O) groups is 1. The van der Waals surface area contributed by atoms with Gasteiger partial charge in [0, 0.05) is 13.5 Å². The Kier molecular flexibility index (Phi) is 5.20. The third-order valence-corrected chi connectivity index (χ3v) is 4.91. The first-order valence-electron chi connectivity index (χ1n) is 9.37. The highest BCUT2D eigenvalue weighted by molar-refractivity contribution is 5.91. The van der Waals surface area contributed by atoms with Gasteiger partial charge in [-0.05, 0) is 29.3 Å². The molecule has 0 saturated carbocycles. The van der Waals surface area contributed by atoms with E-state index in [-0.39, 0.29) is 12.2 Å². The molecule has 1 heterocycles. The summed E-state index contributed by atoms with van der Waals surface area (Å²) >= 11 is 0. The van der Waals surface area contributed by atoms with E-state index in [4.69, 9.17) is 4.74 Å². The summed E-state index contributed by atoms with van der Waals surface area (Å²) < 4.78 is 7.38. The van der Waals surface area contributed by atoms with Crippen LogP contribution in [0.15, 0.2) is 83.7 Å². The number of aryl methyl sites for hydroxylation is 1. The van der Waals surface area contributed by atoms with Crippen LogP contribution in [-0.2, 0) is 24.8 Å². The molecule has 5 nitrogen and oxygen atoms in total. The summed E-state index contributed by atoms with van der Waals surface area (Å²) in [5, 5.41) is 0.578. The van der Waals surface area contributed by atoms with Crippen molar-refractivity contribution in [3.05, 3.63) is 112 Å². The molecule has 144 valence electrons. The molecule has 0 aliphatic rings. The van der Waals surface area contributed by atoms with Gasteiger partial charge >= 0.3 is 5.97 Å². The maximum Gasteiger partial charge on any atom is 0.338 e. The standard InChI is InChI=1S/C24H20N2O3/c1-26-21-14-8-7-13-20(21)23(27)25-22(26)15-18-11-5-6-12-19(18)24(28)29-16-17-9-3-2-4-10-17/h2-14H,15-16H2,1H3. The first kappa shape index (κ1) is 18.6. The summed E-state index contributed by atoms with van der Waals surface area (Å²) in [6.07, 6.45) is 0.354. The van der Waals surface area contributed by atoms with Crippen LogP contribution in [0.4, 0.5) is 0 Å². The van der Waals surface area contributed by atoms with Gasteiger partial charge in [0.15, 0.2) is 0 Å². The van der Waals surface area contributed by atoms with Crippen LogP contribution in [0.1, 0.15) is 27.3 Å². The summed E-state index contributed by atoms with van der Waals surface area (Å²) in [6, 6.07) is 24.2. The number of aromatic nitrogens is 2. The quantitative estimate of drug-likeness (QED) is 0.490. The summed E-state index contributed by atoms with van der Waals surface area (Å²) in [5.74, 6) is 0.201. The number of nitrogens with zero attached hydrogens (tertiary/aromatic N) is 2. The number of rotatable bonds is 5. The van der Waals surface area contributed by atoms with Crippen molar-refractivity contribution >= 4 is 16.9 Å². The van der Waals surface area contributed by atoms with E-state index in [0.717, 1.165) is 16.6 Å². The van der Waals surface area contributed by atoms with Gasteiger partial charge in [-0.25, -0.2) is 4.79 Å². The molecule has 0 atom stereocenters. The van der Waals surface area contributed by atoms with Gasteiger partial charge in [0.2, 0.25) is 0 Å². The summed E-state index contributed by atoms with van der Waals surface area (Å²) in [4.78, 5) is 29.3. The number of ether oxygens (including phenoxy) is 1. The number of carbonyl (C=O) groups excluding carboxylic acids is 1. The molecule has 4 rings (SSSR count). The van der Waals surface area contributed by atoms with Crippen molar-refractivity contribution in [2.75, 3.05) is 0 Å². The van der Waals surface area contributed by atoms with Gasteiger partial charge in [0.25, 0.3) is 5.56 Å². The highest BCUT2D eigenvalue weighted by Gasteiger charge is 2.15. The minimum atomic E-state index is -0.393. The van der Waals surface area contributed by atoms with Gasteiger partial charge < -0.3 is 9.30 Å². The van der Waals surface area contributed by atoms with Crippen molar-refractivity contribution in [2.45, 2.75) is 13.0 Å². The molecule has 0 aliphatic carbocycles. The molecule has 0 radical (unpaired) electrons. The van der Waals surface area contributed by atoms with E-state index in [2.05, 4.69) is 4.98 Å². The zero-order valence-electron chi connectivity index (χ0n) is 16.0. The number of para-hydroxylation sites is 1. The fraction of sp³-hybridized carbons (Fsp3) is 0.125. The second kappa shape index (κ2) is 8.10. The maximum absolute atomic E-state index is 12.7. The fourth-order valence-corrected chi connectivity index (χ4v) is 3.34. The molecule has 29 heavy (non-hydrogen) atoms. The Labute approximate surface area is 168 Å². The molecule has 0 bridgehead atoms. The number of fused-ring (bicyclic) bond motifs is 1. The molecule has 3 aromatic carbocycles. The van der Waals surface area contributed by atoms with Crippen molar-refractivity contribution in [1.29, 1.82) is 0 Å². The van der Waals surface area contributed by atoms with E-state index in [1.54, 1.807) is 18.2 Å². The normalized spacial score (nSPS) is 10.8. The molecule has 0 unspecified atom stereocenters. The predicted molar refractivity (Wildman–Crippen MR) is 112 cm³/mol. The van der Waals surface area contributed by atoms with Gasteiger partial charge in [-0.15, -0.1) is 0 Å². The lowest BCUT2D eigenvalue weighted by Crippen LogP contribution is -2.18.